The number of aliphatic carboxylic acids is 1. The number of hydrogen-bond donors (Lipinski definition) is 4. The standard InChI is InChI=1S/C36H35N5O9.C19H21N3O3.C17H16N2O7/c1-39(19-25-28(48-3)15-20(16-29(25)49-4)24-18-40(2)34(45)23-17-37-13-12-21(23)24)31(43)9-6-14-50-27-8-5-7-22-32(27)36(47)41(35(22)46)26-10-11-30(42)38-33(26)44;1-20-9-15-17(24-3)7-12(8-18(15)25-4)16-11-22(2)19(23)14-10-21-6-5-13(14)16;20-12-7-6-10(15(23)18-12)19-16(24)9-3-1-4-11(14(9)17(19)25)26-8-2-5-13(21)22/h5,7-8,12-13,15-18,26H,6,9-11,14,19H2,1-4H3,(H,38,42,44);5-8,10-11,20H,9H2,1-4H3;1,3-4,10H,2,5-8H2,(H,21,22)(H,18,20,23). The number of carbonyl (C=O) groups is 10. The smallest absolute Gasteiger partial charge is 0.303 e. The predicted molar refractivity (Wildman–Crippen MR) is 364 cm³/mol. The maximum Gasteiger partial charge on any atom is 0.303 e. The molecule has 8 heterocycles. The van der Waals surface area contributed by atoms with Crippen LogP contribution < -0.4 is 55.5 Å². The first-order valence-corrected chi connectivity index (χ1v) is 32.0. The second-order valence-electron chi connectivity index (χ2n) is 23.8. The summed E-state index contributed by atoms with van der Waals surface area (Å²) in [4.78, 5) is 159. The van der Waals surface area contributed by atoms with E-state index in [2.05, 4.69) is 25.9 Å². The van der Waals surface area contributed by atoms with Crippen molar-refractivity contribution in [2.24, 2.45) is 14.1 Å². The number of carbonyl (C=O) groups excluding carboxylic acids is 9. The molecule has 29 heteroatoms. The molecule has 2 saturated heterocycles. The lowest BCUT2D eigenvalue weighted by atomic mass is 9.99. The number of nitrogens with one attached hydrogen (secondary N) is 3. The number of benzene rings is 4. The molecular formula is C72H72N10O19. The van der Waals surface area contributed by atoms with Gasteiger partial charge in [0, 0.05) is 107 Å². The average Bonchev–Trinajstić information content (AvgIpc) is 1.14. The van der Waals surface area contributed by atoms with Crippen LogP contribution in [0.3, 0.4) is 0 Å². The summed E-state index contributed by atoms with van der Waals surface area (Å²) in [5, 5.41) is 18.7. The van der Waals surface area contributed by atoms with Crippen LogP contribution in [0.15, 0.2) is 120 Å². The molecule has 2 fully saturated rings. The number of amides is 9. The Morgan fingerprint density at radius 3 is 1.37 bits per heavy atom. The number of carboxylic acids is 1. The van der Waals surface area contributed by atoms with Crippen molar-refractivity contribution in [3.8, 4) is 56.8 Å². The second kappa shape index (κ2) is 31.2. The van der Waals surface area contributed by atoms with Gasteiger partial charge in [0.15, 0.2) is 0 Å². The fourth-order valence-electron chi connectivity index (χ4n) is 12.4. The molecule has 4 aromatic heterocycles. The number of aryl methyl sites for hydroxylation is 2. The SMILES string of the molecule is CNCc1c(OC)cc(-c2cn(C)c(=O)c3cnccc23)cc1OC.COc1cc(-c2cn(C)c(=O)c3cnccc23)cc(OC)c1CN(C)C(=O)CCCOc1cccc2c1C(=O)N(C1CCC(=O)NC1=O)C2=O.O=C(O)CCCOc1cccc2c1C(=O)N(C1CCC(=O)NC1=O)C2=O. The topological polar surface area (TPSA) is 362 Å². The molecule has 101 heavy (non-hydrogen) atoms. The van der Waals surface area contributed by atoms with Gasteiger partial charge < -0.3 is 52.9 Å². The van der Waals surface area contributed by atoms with Gasteiger partial charge in [0.05, 0.1) is 86.8 Å². The maximum atomic E-state index is 13.3. The summed E-state index contributed by atoms with van der Waals surface area (Å²) < 4.78 is 37.1. The fourth-order valence-corrected chi connectivity index (χ4v) is 12.4. The first-order chi connectivity index (χ1) is 48.5. The van der Waals surface area contributed by atoms with Crippen LogP contribution in [0.5, 0.6) is 34.5 Å². The number of aromatic nitrogens is 4. The number of imide groups is 4. The molecule has 4 aromatic carbocycles. The number of methoxy groups -OCH3 is 4. The van der Waals surface area contributed by atoms with E-state index in [9.17, 15) is 57.5 Å². The Labute approximate surface area is 576 Å². The summed E-state index contributed by atoms with van der Waals surface area (Å²) in [6, 6.07) is 18.3. The Bertz CT molecular complexity index is 4760. The molecule has 0 saturated carbocycles. The number of rotatable bonds is 22. The van der Waals surface area contributed by atoms with Crippen molar-refractivity contribution in [1.29, 1.82) is 0 Å². The highest BCUT2D eigenvalue weighted by Crippen LogP contribution is 2.41. The van der Waals surface area contributed by atoms with E-state index in [1.165, 1.54) is 37.0 Å². The summed E-state index contributed by atoms with van der Waals surface area (Å²) in [5.74, 6) is -3.14. The fraction of sp³-hybridized carbons (Fsp3) is 0.306. The zero-order chi connectivity index (χ0) is 72.5. The number of piperidine rings is 2. The normalized spacial score (nSPS) is 15.4. The van der Waals surface area contributed by atoms with Crippen LogP contribution in [-0.4, -0.2) is 166 Å². The van der Waals surface area contributed by atoms with E-state index in [4.69, 9.17) is 33.5 Å². The molecule has 9 amide bonds. The number of fused-ring (bicyclic) bond motifs is 4. The van der Waals surface area contributed by atoms with Gasteiger partial charge in [-0.05, 0) is 115 Å². The van der Waals surface area contributed by atoms with Gasteiger partial charge in [-0.3, -0.25) is 87.9 Å². The van der Waals surface area contributed by atoms with Crippen LogP contribution in [-0.2, 0) is 56.0 Å². The molecule has 8 aromatic rings. The minimum atomic E-state index is -1.08. The van der Waals surface area contributed by atoms with Crippen LogP contribution >= 0.6 is 0 Å². The van der Waals surface area contributed by atoms with Crippen LogP contribution in [0.2, 0.25) is 0 Å². The Kier molecular flexibility index (Phi) is 22.1. The van der Waals surface area contributed by atoms with E-state index >= 15 is 0 Å². The Morgan fingerprint density at radius 1 is 0.554 bits per heavy atom. The van der Waals surface area contributed by atoms with Gasteiger partial charge in [0.1, 0.15) is 46.6 Å². The van der Waals surface area contributed by atoms with Gasteiger partial charge >= 0.3 is 5.97 Å². The lowest BCUT2D eigenvalue weighted by Crippen LogP contribution is -2.54. The number of nitrogens with zero attached hydrogens (tertiary/aromatic N) is 7. The van der Waals surface area contributed by atoms with Gasteiger partial charge in [0.2, 0.25) is 29.5 Å². The van der Waals surface area contributed by atoms with Gasteiger partial charge in [-0.15, -0.1) is 0 Å². The first-order valence-electron chi connectivity index (χ1n) is 32.0. The summed E-state index contributed by atoms with van der Waals surface area (Å²) in [7, 11) is 13.3. The van der Waals surface area contributed by atoms with Gasteiger partial charge in [-0.1, -0.05) is 12.1 Å². The molecule has 4 N–H and O–H groups in total. The van der Waals surface area contributed by atoms with E-state index in [0.717, 1.165) is 59.9 Å². The lowest BCUT2D eigenvalue weighted by molar-refractivity contribution is -0.138. The van der Waals surface area contributed by atoms with Gasteiger partial charge in [-0.25, -0.2) is 0 Å². The molecule has 4 aliphatic rings. The number of pyridine rings is 4. The summed E-state index contributed by atoms with van der Waals surface area (Å²) >= 11 is 0. The van der Waals surface area contributed by atoms with Gasteiger partial charge in [-0.2, -0.15) is 0 Å². The number of hydrogen-bond acceptors (Lipinski definition) is 21. The zero-order valence-electron chi connectivity index (χ0n) is 56.5. The van der Waals surface area contributed by atoms with Crippen molar-refractivity contribution in [3.63, 3.8) is 0 Å². The molecule has 2 unspecified atom stereocenters. The molecule has 0 bridgehead atoms. The molecule has 524 valence electrons. The quantitative estimate of drug-likeness (QED) is 0.0480. The number of carboxylic acid groups (broad SMARTS) is 1. The van der Waals surface area contributed by atoms with Crippen LogP contribution in [0.25, 0.3) is 43.8 Å². The van der Waals surface area contributed by atoms with E-state index in [1.807, 2.05) is 43.6 Å². The van der Waals surface area contributed by atoms with Crippen molar-refractivity contribution in [2.45, 2.75) is 76.5 Å². The molecule has 0 aliphatic carbocycles. The molecule has 2 atom stereocenters. The van der Waals surface area contributed by atoms with Crippen molar-refractivity contribution < 1.29 is 81.5 Å². The molecule has 29 nitrogen and oxygen atoms in total. The van der Waals surface area contributed by atoms with Crippen LogP contribution in [0.1, 0.15) is 104 Å². The van der Waals surface area contributed by atoms with Crippen molar-refractivity contribution >= 4 is 80.7 Å². The largest absolute Gasteiger partial charge is 0.496 e. The summed E-state index contributed by atoms with van der Waals surface area (Å²) in [6.45, 7) is 0.969. The van der Waals surface area contributed by atoms with Crippen LogP contribution in [0, 0.1) is 0 Å². The minimum absolute atomic E-state index is 0.0207. The molecule has 0 radical (unpaired) electrons. The van der Waals surface area contributed by atoms with Crippen molar-refractivity contribution in [2.75, 3.05) is 55.7 Å². The highest BCUT2D eigenvalue weighted by atomic mass is 16.5. The Balaban J connectivity index is 0.000000181. The maximum absolute atomic E-state index is 13.3. The zero-order valence-corrected chi connectivity index (χ0v) is 56.5. The monoisotopic (exact) mass is 1380 g/mol. The third-order valence-corrected chi connectivity index (χ3v) is 17.4. The lowest BCUT2D eigenvalue weighted by Gasteiger charge is -2.27. The molecule has 4 aliphatic heterocycles. The van der Waals surface area contributed by atoms with Crippen molar-refractivity contribution in [3.05, 3.63) is 164 Å². The summed E-state index contributed by atoms with van der Waals surface area (Å²) in [6.07, 6.45) is 10.8. The van der Waals surface area contributed by atoms with Crippen molar-refractivity contribution in [1.82, 2.24) is 49.8 Å². The highest BCUT2D eigenvalue weighted by molar-refractivity contribution is 6.25. The first kappa shape index (κ1) is 71.6. The number of ether oxygens (including phenoxy) is 6. The van der Waals surface area contributed by atoms with E-state index in [0.29, 0.717) is 40.8 Å². The van der Waals surface area contributed by atoms with Crippen LogP contribution in [0.4, 0.5) is 0 Å². The van der Waals surface area contributed by atoms with E-state index < -0.39 is 65.3 Å². The molecule has 12 rings (SSSR count). The minimum Gasteiger partial charge on any atom is -0.496 e. The predicted octanol–water partition coefficient (Wildman–Crippen LogP) is 5.51. The van der Waals surface area contributed by atoms with E-state index in [1.54, 1.807) is 100 Å². The molecular weight excluding hydrogens is 1310 g/mol. The third kappa shape index (κ3) is 14.8. The highest BCUT2D eigenvalue weighted by Gasteiger charge is 2.48. The summed E-state index contributed by atoms with van der Waals surface area (Å²) in [5.41, 5.74) is 5.10. The average molecular weight is 1380 g/mol. The Morgan fingerprint density at radius 2 is 0.970 bits per heavy atom. The third-order valence-electron chi connectivity index (χ3n) is 17.4. The Hall–Kier alpha value is -12.1. The second-order valence-corrected chi connectivity index (χ2v) is 23.8. The van der Waals surface area contributed by atoms with E-state index in [-0.39, 0.29) is 115 Å². The molecule has 0 spiro atoms. The van der Waals surface area contributed by atoms with Gasteiger partial charge in [0.25, 0.3) is 34.7 Å².